The molecule has 94 valence electrons. The molecule has 0 spiro atoms. The number of anilines is 1. The van der Waals surface area contributed by atoms with Crippen LogP contribution in [0.3, 0.4) is 0 Å². The predicted molar refractivity (Wildman–Crippen MR) is 73.4 cm³/mol. The number of ether oxygens (including phenoxy) is 1. The van der Waals surface area contributed by atoms with Crippen LogP contribution < -0.4 is 10.1 Å². The number of hydrogen-bond acceptors (Lipinski definition) is 2. The van der Waals surface area contributed by atoms with Gasteiger partial charge in [0.2, 0.25) is 5.91 Å². The molecule has 4 heteroatoms. The Morgan fingerprint density at radius 2 is 2.24 bits per heavy atom. The van der Waals surface area contributed by atoms with Gasteiger partial charge in [0.05, 0.1) is 12.8 Å². The molecular weight excluding hydrogens is 282 g/mol. The van der Waals surface area contributed by atoms with Crippen LogP contribution in [-0.2, 0) is 4.79 Å². The number of halogens is 1. The molecule has 1 amide bonds. The molecule has 17 heavy (non-hydrogen) atoms. The van der Waals surface area contributed by atoms with Crippen LogP contribution in [0.5, 0.6) is 5.75 Å². The van der Waals surface area contributed by atoms with E-state index in [1.165, 1.54) is 0 Å². The Kier molecular flexibility index (Phi) is 5.48. The second kappa shape index (κ2) is 6.64. The molecule has 0 aliphatic heterocycles. The van der Waals surface area contributed by atoms with Gasteiger partial charge in [-0.2, -0.15) is 0 Å². The first kappa shape index (κ1) is 14.0. The van der Waals surface area contributed by atoms with E-state index in [0.29, 0.717) is 12.3 Å². The Morgan fingerprint density at radius 1 is 1.53 bits per heavy atom. The molecule has 1 atom stereocenters. The van der Waals surface area contributed by atoms with Gasteiger partial charge in [0, 0.05) is 17.0 Å². The summed E-state index contributed by atoms with van der Waals surface area (Å²) in [5.41, 5.74) is 0.748. The number of methoxy groups -OCH3 is 1. The zero-order valence-electron chi connectivity index (χ0n) is 10.4. The van der Waals surface area contributed by atoms with Gasteiger partial charge in [-0.15, -0.1) is 0 Å². The molecule has 0 aromatic heterocycles. The molecule has 0 heterocycles. The molecule has 0 fully saturated rings. The molecule has 0 bridgehead atoms. The molecule has 0 radical (unpaired) electrons. The predicted octanol–water partition coefficient (Wildman–Crippen LogP) is 3.83. The Morgan fingerprint density at radius 3 is 2.82 bits per heavy atom. The highest BCUT2D eigenvalue weighted by Crippen LogP contribution is 2.27. The van der Waals surface area contributed by atoms with Gasteiger partial charge in [0.25, 0.3) is 0 Å². The fraction of sp³-hybridized carbons (Fsp3) is 0.462. The normalized spacial score (nSPS) is 12.0. The summed E-state index contributed by atoms with van der Waals surface area (Å²) >= 11 is 3.40. The molecule has 1 aromatic rings. The Bertz CT molecular complexity index is 393. The van der Waals surface area contributed by atoms with Gasteiger partial charge in [-0.3, -0.25) is 4.79 Å². The van der Waals surface area contributed by atoms with E-state index in [1.54, 1.807) is 13.2 Å². The Hall–Kier alpha value is -1.03. The lowest BCUT2D eigenvalue weighted by molar-refractivity contribution is -0.117. The lowest BCUT2D eigenvalue weighted by atomic mass is 10.1. The molecule has 1 rings (SSSR count). The smallest absolute Gasteiger partial charge is 0.224 e. The van der Waals surface area contributed by atoms with Crippen molar-refractivity contribution in [3.63, 3.8) is 0 Å². The maximum absolute atomic E-state index is 11.8. The quantitative estimate of drug-likeness (QED) is 0.897. The molecule has 1 aromatic carbocycles. The maximum Gasteiger partial charge on any atom is 0.224 e. The molecule has 3 nitrogen and oxygen atoms in total. The molecule has 0 saturated carbocycles. The molecule has 1 N–H and O–H groups in total. The van der Waals surface area contributed by atoms with Crippen LogP contribution in [0.1, 0.15) is 26.7 Å². The number of amides is 1. The van der Waals surface area contributed by atoms with E-state index in [9.17, 15) is 4.79 Å². The number of benzene rings is 1. The fourth-order valence-electron chi connectivity index (χ4n) is 1.39. The van der Waals surface area contributed by atoms with Crippen molar-refractivity contribution in [2.75, 3.05) is 12.4 Å². The Balaban J connectivity index is 2.70. The third-order valence-electron chi connectivity index (χ3n) is 2.68. The molecular formula is C13H18BrNO2. The van der Waals surface area contributed by atoms with E-state index < -0.39 is 0 Å². The maximum atomic E-state index is 11.8. The van der Waals surface area contributed by atoms with Crippen molar-refractivity contribution in [2.45, 2.75) is 26.7 Å². The lowest BCUT2D eigenvalue weighted by Crippen LogP contribution is -2.15. The topological polar surface area (TPSA) is 38.3 Å². The molecule has 0 aliphatic rings. The van der Waals surface area contributed by atoms with Crippen LogP contribution in [0, 0.1) is 5.92 Å². The van der Waals surface area contributed by atoms with E-state index in [2.05, 4.69) is 35.1 Å². The average molecular weight is 300 g/mol. The minimum absolute atomic E-state index is 0.0355. The van der Waals surface area contributed by atoms with Crippen LogP contribution in [0.4, 0.5) is 5.69 Å². The van der Waals surface area contributed by atoms with Crippen molar-refractivity contribution in [2.24, 2.45) is 5.92 Å². The average Bonchev–Trinajstić information content (AvgIpc) is 2.31. The summed E-state index contributed by atoms with van der Waals surface area (Å²) in [6.45, 7) is 4.15. The summed E-state index contributed by atoms with van der Waals surface area (Å²) in [5.74, 6) is 1.17. The van der Waals surface area contributed by atoms with Crippen LogP contribution in [0.25, 0.3) is 0 Å². The van der Waals surface area contributed by atoms with E-state index in [4.69, 9.17) is 4.74 Å². The second-order valence-electron chi connectivity index (χ2n) is 4.11. The van der Waals surface area contributed by atoms with Gasteiger partial charge in [-0.05, 0) is 34.0 Å². The number of rotatable bonds is 5. The van der Waals surface area contributed by atoms with Crippen molar-refractivity contribution in [3.8, 4) is 5.75 Å². The van der Waals surface area contributed by atoms with Crippen LogP contribution in [0.15, 0.2) is 22.7 Å². The van der Waals surface area contributed by atoms with Gasteiger partial charge in [0.1, 0.15) is 5.75 Å². The standard InChI is InChI=1S/C13H18BrNO2/c1-4-9(2)7-13(16)15-12-8-10(17-3)5-6-11(12)14/h5-6,8-9H,4,7H2,1-3H3,(H,15,16). The van der Waals surface area contributed by atoms with Crippen LogP contribution >= 0.6 is 15.9 Å². The first-order valence-corrected chi connectivity index (χ1v) is 6.49. The zero-order valence-corrected chi connectivity index (χ0v) is 12.0. The summed E-state index contributed by atoms with van der Waals surface area (Å²) in [7, 11) is 1.61. The summed E-state index contributed by atoms with van der Waals surface area (Å²) in [4.78, 5) is 11.8. The van der Waals surface area contributed by atoms with Crippen LogP contribution in [-0.4, -0.2) is 13.0 Å². The van der Waals surface area contributed by atoms with Gasteiger partial charge < -0.3 is 10.1 Å². The molecule has 0 aliphatic carbocycles. The number of hydrogen-bond donors (Lipinski definition) is 1. The first-order chi connectivity index (χ1) is 8.06. The summed E-state index contributed by atoms with van der Waals surface area (Å²) < 4.78 is 5.98. The van der Waals surface area contributed by atoms with Crippen molar-refractivity contribution < 1.29 is 9.53 Å². The van der Waals surface area contributed by atoms with Crippen molar-refractivity contribution in [1.29, 1.82) is 0 Å². The third kappa shape index (κ3) is 4.38. The van der Waals surface area contributed by atoms with E-state index in [0.717, 1.165) is 22.3 Å². The Labute approximate surface area is 111 Å². The minimum atomic E-state index is 0.0355. The number of carbonyl (C=O) groups excluding carboxylic acids is 1. The first-order valence-electron chi connectivity index (χ1n) is 5.70. The van der Waals surface area contributed by atoms with Crippen LogP contribution in [0.2, 0.25) is 0 Å². The van der Waals surface area contributed by atoms with Gasteiger partial charge in [0.15, 0.2) is 0 Å². The fourth-order valence-corrected chi connectivity index (χ4v) is 1.73. The minimum Gasteiger partial charge on any atom is -0.497 e. The highest BCUT2D eigenvalue weighted by atomic mass is 79.9. The number of carbonyl (C=O) groups is 1. The highest BCUT2D eigenvalue weighted by Gasteiger charge is 2.10. The molecule has 1 unspecified atom stereocenters. The lowest BCUT2D eigenvalue weighted by Gasteiger charge is -2.11. The van der Waals surface area contributed by atoms with Crippen molar-refractivity contribution in [3.05, 3.63) is 22.7 Å². The van der Waals surface area contributed by atoms with Crippen molar-refractivity contribution >= 4 is 27.5 Å². The van der Waals surface area contributed by atoms with Crippen molar-refractivity contribution in [1.82, 2.24) is 0 Å². The number of nitrogens with one attached hydrogen (secondary N) is 1. The second-order valence-corrected chi connectivity index (χ2v) is 4.97. The van der Waals surface area contributed by atoms with Gasteiger partial charge in [-0.25, -0.2) is 0 Å². The highest BCUT2D eigenvalue weighted by molar-refractivity contribution is 9.10. The van der Waals surface area contributed by atoms with Gasteiger partial charge in [-0.1, -0.05) is 20.3 Å². The van der Waals surface area contributed by atoms with E-state index in [1.807, 2.05) is 12.1 Å². The summed E-state index contributed by atoms with van der Waals surface area (Å²) in [6.07, 6.45) is 1.55. The summed E-state index contributed by atoms with van der Waals surface area (Å²) in [6, 6.07) is 5.50. The van der Waals surface area contributed by atoms with E-state index in [-0.39, 0.29) is 5.91 Å². The largest absolute Gasteiger partial charge is 0.497 e. The SMILES string of the molecule is CCC(C)CC(=O)Nc1cc(OC)ccc1Br. The van der Waals surface area contributed by atoms with E-state index >= 15 is 0 Å². The monoisotopic (exact) mass is 299 g/mol. The third-order valence-corrected chi connectivity index (χ3v) is 3.37. The summed E-state index contributed by atoms with van der Waals surface area (Å²) in [5, 5.41) is 2.88. The van der Waals surface area contributed by atoms with Gasteiger partial charge >= 0.3 is 0 Å². The molecule has 0 saturated heterocycles. The zero-order chi connectivity index (χ0) is 12.8.